The molecule has 8 heterocycles. The highest BCUT2D eigenvalue weighted by molar-refractivity contribution is 5.85. The fourth-order valence-corrected chi connectivity index (χ4v) is 8.28. The maximum Gasteiger partial charge on any atom is 0.123 e. The van der Waals surface area contributed by atoms with Crippen LogP contribution in [0.4, 0.5) is 8.78 Å². The number of rotatable bonds is 6. The quantitative estimate of drug-likeness (QED) is 0.142. The molecule has 1 unspecified atom stereocenters. The van der Waals surface area contributed by atoms with Gasteiger partial charge in [-0.05, 0) is 158 Å². The monoisotopic (exact) mass is 684 g/mol. The van der Waals surface area contributed by atoms with Gasteiger partial charge in [-0.3, -0.25) is 9.97 Å². The molecule has 0 spiro atoms. The van der Waals surface area contributed by atoms with E-state index in [-0.39, 0.29) is 11.6 Å². The molecule has 4 aliphatic rings. The predicted molar refractivity (Wildman–Crippen MR) is 197 cm³/mol. The molecule has 4 aromatic heterocycles. The van der Waals surface area contributed by atoms with Crippen LogP contribution in [0, 0.1) is 17.6 Å². The summed E-state index contributed by atoms with van der Waals surface area (Å²) in [6.45, 7) is 5.18. The van der Waals surface area contributed by atoms with E-state index in [4.69, 9.17) is 0 Å². The minimum atomic E-state index is -0.876. The molecule has 4 aliphatic heterocycles. The van der Waals surface area contributed by atoms with Crippen molar-refractivity contribution < 1.29 is 13.9 Å². The molecule has 4 N–H and O–H groups in total. The van der Waals surface area contributed by atoms with Crippen LogP contribution in [0.5, 0.6) is 0 Å². The van der Waals surface area contributed by atoms with Crippen molar-refractivity contribution in [2.45, 2.75) is 37.2 Å². The third kappa shape index (κ3) is 6.77. The summed E-state index contributed by atoms with van der Waals surface area (Å²) in [4.78, 5) is 17.7. The first-order chi connectivity index (χ1) is 25.0. The lowest BCUT2D eigenvalue weighted by Crippen LogP contribution is -2.46. The van der Waals surface area contributed by atoms with Gasteiger partial charge in [0.25, 0.3) is 0 Å². The molecule has 260 valence electrons. The zero-order chi connectivity index (χ0) is 34.8. The van der Waals surface area contributed by atoms with Crippen LogP contribution in [0.2, 0.25) is 0 Å². The number of H-pyrrole nitrogens is 2. The number of nitrogens with one attached hydrogen (secondary N) is 3. The van der Waals surface area contributed by atoms with Crippen LogP contribution >= 0.6 is 0 Å². The average molecular weight is 685 g/mol. The van der Waals surface area contributed by atoms with E-state index < -0.39 is 5.60 Å². The van der Waals surface area contributed by atoms with Crippen molar-refractivity contribution in [1.29, 1.82) is 0 Å². The largest absolute Gasteiger partial charge is 0.385 e. The van der Waals surface area contributed by atoms with Crippen LogP contribution in [-0.4, -0.2) is 62.7 Å². The summed E-state index contributed by atoms with van der Waals surface area (Å²) in [6, 6.07) is 21.2. The predicted octanol–water partition coefficient (Wildman–Crippen LogP) is 8.15. The fraction of sp³-hybridized carbons (Fsp3) is 0.286. The number of hydrogen-bond donors (Lipinski definition) is 4. The highest BCUT2D eigenvalue weighted by Crippen LogP contribution is 2.46. The lowest BCUT2D eigenvalue weighted by molar-refractivity contribution is 0.00658. The standard InChI is InChI=1S/C22H22FN3.C20H20FN3O/c23-18-3-1-17(2-4-18)22-21(16-5-9-24-10-6-16)19(13-25-22)20-14-26-11-7-15(20)8-12-26;21-16-3-1-15(2-4-16)19-18(14-5-9-22-10-6-14)17(13-24-19)20(25)7-11-23-12-8-20/h1-6,9-10,13,15,20,25H,7-8,11-12,14H2;1-6,9-10,13,23-25H,7-8,11-12H2. The normalized spacial score (nSPS) is 20.8. The molecule has 6 aromatic rings. The molecule has 0 radical (unpaired) electrons. The molecule has 1 atom stereocenters. The van der Waals surface area contributed by atoms with Crippen LogP contribution in [0.25, 0.3) is 44.8 Å². The molecule has 2 bridgehead atoms. The van der Waals surface area contributed by atoms with Crippen molar-refractivity contribution in [3.63, 3.8) is 0 Å². The van der Waals surface area contributed by atoms with E-state index >= 15 is 0 Å². The van der Waals surface area contributed by atoms with Crippen LogP contribution in [-0.2, 0) is 5.60 Å². The summed E-state index contributed by atoms with van der Waals surface area (Å²) in [7, 11) is 0. The number of pyridine rings is 2. The van der Waals surface area contributed by atoms with Crippen LogP contribution < -0.4 is 5.32 Å². The highest BCUT2D eigenvalue weighted by Gasteiger charge is 2.38. The number of benzene rings is 2. The van der Waals surface area contributed by atoms with Gasteiger partial charge in [0.2, 0.25) is 0 Å². The Labute approximate surface area is 296 Å². The first-order valence-electron chi connectivity index (χ1n) is 17.9. The average Bonchev–Trinajstić information content (AvgIpc) is 3.84. The summed E-state index contributed by atoms with van der Waals surface area (Å²) in [5, 5.41) is 14.5. The Morgan fingerprint density at radius 3 is 1.69 bits per heavy atom. The Balaban J connectivity index is 0.000000147. The molecule has 4 fully saturated rings. The summed E-state index contributed by atoms with van der Waals surface area (Å²) in [5.41, 5.74) is 9.63. The number of fused-ring (bicyclic) bond motifs is 3. The molecule has 7 nitrogen and oxygen atoms in total. The molecule has 10 rings (SSSR count). The Morgan fingerprint density at radius 1 is 0.647 bits per heavy atom. The van der Waals surface area contributed by atoms with Crippen LogP contribution in [0.15, 0.2) is 110 Å². The Bertz CT molecular complexity index is 2050. The third-order valence-corrected chi connectivity index (χ3v) is 11.0. The third-order valence-electron chi connectivity index (χ3n) is 11.0. The van der Waals surface area contributed by atoms with Gasteiger partial charge in [-0.1, -0.05) is 0 Å². The lowest BCUT2D eigenvalue weighted by Gasteiger charge is -2.45. The molecule has 0 saturated carbocycles. The fourth-order valence-electron chi connectivity index (χ4n) is 8.28. The van der Waals surface area contributed by atoms with Crippen molar-refractivity contribution >= 4 is 0 Å². The molecule has 51 heavy (non-hydrogen) atoms. The zero-order valence-electron chi connectivity index (χ0n) is 28.5. The van der Waals surface area contributed by atoms with Gasteiger partial charge < -0.3 is 25.3 Å². The van der Waals surface area contributed by atoms with Crippen molar-refractivity contribution in [2.75, 3.05) is 32.7 Å². The van der Waals surface area contributed by atoms with Gasteiger partial charge in [-0.25, -0.2) is 8.78 Å². The van der Waals surface area contributed by atoms with Gasteiger partial charge in [-0.2, -0.15) is 0 Å². The molecule has 4 saturated heterocycles. The number of hydrogen-bond acceptors (Lipinski definition) is 5. The van der Waals surface area contributed by atoms with Gasteiger partial charge in [0.1, 0.15) is 11.6 Å². The molecule has 0 amide bonds. The second kappa shape index (κ2) is 14.3. The van der Waals surface area contributed by atoms with E-state index in [0.717, 1.165) is 64.8 Å². The maximum absolute atomic E-state index is 13.4. The van der Waals surface area contributed by atoms with E-state index in [2.05, 4.69) is 48.5 Å². The van der Waals surface area contributed by atoms with Gasteiger partial charge >= 0.3 is 0 Å². The van der Waals surface area contributed by atoms with Crippen molar-refractivity contribution in [1.82, 2.24) is 30.2 Å². The smallest absolute Gasteiger partial charge is 0.123 e. The van der Waals surface area contributed by atoms with E-state index in [1.165, 1.54) is 66.9 Å². The first-order valence-corrected chi connectivity index (χ1v) is 17.9. The minimum Gasteiger partial charge on any atom is -0.385 e. The van der Waals surface area contributed by atoms with Gasteiger partial charge in [0.05, 0.1) is 17.0 Å². The molecular weight excluding hydrogens is 642 g/mol. The SMILES string of the molecule is Fc1ccc(-c2[nH]cc(C3CN4CCC3CC4)c2-c2ccncc2)cc1.OC1(c2c[nH]c(-c3ccc(F)cc3)c2-c2ccncc2)CCNCC1. The summed E-state index contributed by atoms with van der Waals surface area (Å²) in [6.07, 6.45) is 15.1. The Kier molecular flexibility index (Phi) is 9.34. The zero-order valence-corrected chi connectivity index (χ0v) is 28.5. The van der Waals surface area contributed by atoms with Crippen molar-refractivity contribution in [2.24, 2.45) is 5.92 Å². The highest BCUT2D eigenvalue weighted by atomic mass is 19.1. The molecule has 0 aliphatic carbocycles. The first kappa shape index (κ1) is 33.2. The summed E-state index contributed by atoms with van der Waals surface area (Å²) in [5.74, 6) is 0.852. The van der Waals surface area contributed by atoms with Crippen LogP contribution in [0.1, 0.15) is 42.7 Å². The number of aliphatic hydroxyl groups is 1. The molecular formula is C42H42F2N6O. The number of aromatic nitrogens is 4. The topological polar surface area (TPSA) is 92.9 Å². The Hall–Kier alpha value is -4.96. The van der Waals surface area contributed by atoms with Crippen LogP contribution in [0.3, 0.4) is 0 Å². The van der Waals surface area contributed by atoms with E-state index in [0.29, 0.717) is 18.8 Å². The molecule has 2 aromatic carbocycles. The molecule has 9 heteroatoms. The summed E-state index contributed by atoms with van der Waals surface area (Å²) >= 11 is 0. The maximum atomic E-state index is 13.4. The lowest BCUT2D eigenvalue weighted by atomic mass is 9.74. The van der Waals surface area contributed by atoms with Crippen molar-refractivity contribution in [3.8, 4) is 44.8 Å². The number of halogens is 2. The van der Waals surface area contributed by atoms with E-state index in [1.807, 2.05) is 42.9 Å². The Morgan fingerprint density at radius 2 is 1.16 bits per heavy atom. The second-order valence-electron chi connectivity index (χ2n) is 14.0. The second-order valence-corrected chi connectivity index (χ2v) is 14.0. The number of aromatic amines is 2. The van der Waals surface area contributed by atoms with Crippen molar-refractivity contribution in [3.05, 3.63) is 133 Å². The van der Waals surface area contributed by atoms with Gasteiger partial charge in [0.15, 0.2) is 0 Å². The number of nitrogens with zero attached hydrogens (tertiary/aromatic N) is 3. The van der Waals surface area contributed by atoms with E-state index in [9.17, 15) is 13.9 Å². The number of piperidine rings is 4. The minimum absolute atomic E-state index is 0.205. The summed E-state index contributed by atoms with van der Waals surface area (Å²) < 4.78 is 26.7. The van der Waals surface area contributed by atoms with Gasteiger partial charge in [-0.15, -0.1) is 0 Å². The van der Waals surface area contributed by atoms with E-state index in [1.54, 1.807) is 24.5 Å². The van der Waals surface area contributed by atoms with Gasteiger partial charge in [0, 0.05) is 66.3 Å².